The van der Waals surface area contributed by atoms with Gasteiger partial charge in [-0.2, -0.15) is 0 Å². The Kier molecular flexibility index (Phi) is 16.6. The molecule has 0 aliphatic carbocycles. The number of fused-ring (bicyclic) bond motifs is 2. The van der Waals surface area contributed by atoms with Crippen molar-refractivity contribution >= 4 is 47.3 Å². The van der Waals surface area contributed by atoms with Crippen molar-refractivity contribution in [1.29, 1.82) is 0 Å². The van der Waals surface area contributed by atoms with Gasteiger partial charge in [-0.25, -0.2) is 0 Å². The molecule has 0 radical (unpaired) electrons. The number of aliphatic hydroxyl groups excluding tert-OH is 2. The summed E-state index contributed by atoms with van der Waals surface area (Å²) in [5.41, 5.74) is 0.701. The van der Waals surface area contributed by atoms with Gasteiger partial charge in [0.15, 0.2) is 0 Å². The summed E-state index contributed by atoms with van der Waals surface area (Å²) < 4.78 is 0. The smallest absolute Gasteiger partial charge is 0.248 e. The number of hydrogen-bond donors (Lipinski definition) is 8. The average Bonchev–Trinajstić information content (AvgIpc) is 3.87. The van der Waals surface area contributed by atoms with E-state index < -0.39 is 109 Å². The van der Waals surface area contributed by atoms with Crippen LogP contribution in [0.5, 0.6) is 0 Å². The normalized spacial score (nSPS) is 28.1. The summed E-state index contributed by atoms with van der Waals surface area (Å²) in [5, 5.41) is 36.5. The van der Waals surface area contributed by atoms with Gasteiger partial charge in [0, 0.05) is 19.5 Å². The first-order valence-corrected chi connectivity index (χ1v) is 20.2. The van der Waals surface area contributed by atoms with E-state index in [0.29, 0.717) is 18.4 Å². The zero-order chi connectivity index (χ0) is 42.7. The predicted molar refractivity (Wildman–Crippen MR) is 210 cm³/mol. The molecule has 4 rings (SSSR count). The third-order valence-electron chi connectivity index (χ3n) is 10.6. The standard InChI is InChI=1S/C40H60N8O10/c1-22(2)17-26-34(52)41-20-32(51)46-33(24(5)50)38(56)44-28(18-23(3)4)39(57)47-15-9-14-31(47)37(55)45-29(21-49)40(58)48-16-10-13-30(48)36(54)43-27(35(53)42-26)19-25-11-7-6-8-12-25/h6-8,11-12,22-24,26-31,33,49-50H,9-10,13-21H2,1-5H3,(H,41,52)(H,42,53)(H,43,54)(H,44,56)(H,45,55)(H,46,51). The summed E-state index contributed by atoms with van der Waals surface area (Å²) >= 11 is 0. The Morgan fingerprint density at radius 2 is 1.12 bits per heavy atom. The molecule has 18 nitrogen and oxygen atoms in total. The number of hydrogen-bond acceptors (Lipinski definition) is 10. The molecule has 3 aliphatic rings. The monoisotopic (exact) mass is 812 g/mol. The van der Waals surface area contributed by atoms with Gasteiger partial charge in [0.05, 0.1) is 19.3 Å². The van der Waals surface area contributed by atoms with E-state index in [1.807, 2.05) is 27.7 Å². The Balaban J connectivity index is 1.70. The van der Waals surface area contributed by atoms with E-state index in [1.165, 1.54) is 16.7 Å². The lowest BCUT2D eigenvalue weighted by molar-refractivity contribution is -0.145. The van der Waals surface area contributed by atoms with Crippen molar-refractivity contribution < 1.29 is 48.6 Å². The van der Waals surface area contributed by atoms with Crippen LogP contribution in [0.25, 0.3) is 0 Å². The van der Waals surface area contributed by atoms with Gasteiger partial charge in [0.1, 0.15) is 42.3 Å². The van der Waals surface area contributed by atoms with Crippen molar-refractivity contribution in [2.45, 2.75) is 128 Å². The Hall–Kier alpha value is -5.10. The fourth-order valence-corrected chi connectivity index (χ4v) is 7.64. The summed E-state index contributed by atoms with van der Waals surface area (Å²) in [6, 6.07) is 0.295. The van der Waals surface area contributed by atoms with Gasteiger partial charge < -0.3 is 51.9 Å². The Morgan fingerprint density at radius 1 is 0.621 bits per heavy atom. The van der Waals surface area contributed by atoms with E-state index in [1.54, 1.807) is 30.3 Å². The molecule has 0 saturated carbocycles. The molecule has 58 heavy (non-hydrogen) atoms. The molecule has 8 unspecified atom stereocenters. The molecule has 0 spiro atoms. The van der Waals surface area contributed by atoms with Crippen LogP contribution in [0.1, 0.15) is 78.7 Å². The zero-order valence-corrected chi connectivity index (χ0v) is 34.0. The van der Waals surface area contributed by atoms with E-state index in [4.69, 9.17) is 0 Å². The first-order chi connectivity index (χ1) is 27.5. The molecule has 0 bridgehead atoms. The molecule has 18 heteroatoms. The van der Waals surface area contributed by atoms with Gasteiger partial charge in [0.2, 0.25) is 47.3 Å². The van der Waals surface area contributed by atoms with Crippen LogP contribution in [0.4, 0.5) is 0 Å². The van der Waals surface area contributed by atoms with Crippen LogP contribution >= 0.6 is 0 Å². The molecular weight excluding hydrogens is 752 g/mol. The number of carbonyl (C=O) groups excluding carboxylic acids is 8. The van der Waals surface area contributed by atoms with Gasteiger partial charge >= 0.3 is 0 Å². The first-order valence-electron chi connectivity index (χ1n) is 20.2. The van der Waals surface area contributed by atoms with Crippen molar-refractivity contribution in [3.05, 3.63) is 35.9 Å². The average molecular weight is 813 g/mol. The highest BCUT2D eigenvalue weighted by Gasteiger charge is 2.43. The minimum Gasteiger partial charge on any atom is -0.394 e. The Labute approximate surface area is 339 Å². The second kappa shape index (κ2) is 21.1. The van der Waals surface area contributed by atoms with Gasteiger partial charge in [-0.3, -0.25) is 38.4 Å². The number of nitrogens with zero attached hydrogens (tertiary/aromatic N) is 2. The molecule has 3 heterocycles. The van der Waals surface area contributed by atoms with Crippen molar-refractivity contribution in [3.8, 4) is 0 Å². The van der Waals surface area contributed by atoms with Crippen molar-refractivity contribution in [2.24, 2.45) is 11.8 Å². The molecule has 8 N–H and O–H groups in total. The van der Waals surface area contributed by atoms with E-state index in [0.717, 1.165) is 0 Å². The van der Waals surface area contributed by atoms with Crippen molar-refractivity contribution in [2.75, 3.05) is 26.2 Å². The highest BCUT2D eigenvalue weighted by atomic mass is 16.3. The highest BCUT2D eigenvalue weighted by Crippen LogP contribution is 2.23. The van der Waals surface area contributed by atoms with E-state index in [2.05, 4.69) is 31.9 Å². The number of benzene rings is 1. The SMILES string of the molecule is CC(C)CC1NC(=O)C(Cc2ccccc2)NC(=O)C2CCCN2C(=O)C(CO)NC(=O)C2CCCN2C(=O)C(CC(C)C)NC(=O)C(C(C)O)NC(=O)CNC1=O. The van der Waals surface area contributed by atoms with E-state index in [-0.39, 0.29) is 57.0 Å². The second-order valence-electron chi connectivity index (χ2n) is 16.3. The minimum atomic E-state index is -1.53. The summed E-state index contributed by atoms with van der Waals surface area (Å²) in [6.07, 6.45) is 0.265. The number of carbonyl (C=O) groups is 8. The maximum absolute atomic E-state index is 14.0. The van der Waals surface area contributed by atoms with Gasteiger partial charge in [-0.05, 0) is 62.8 Å². The number of nitrogens with one attached hydrogen (secondary N) is 6. The van der Waals surface area contributed by atoms with Crippen LogP contribution in [0.2, 0.25) is 0 Å². The minimum absolute atomic E-state index is 0.0320. The van der Waals surface area contributed by atoms with Crippen LogP contribution in [-0.2, 0) is 44.8 Å². The van der Waals surface area contributed by atoms with E-state index in [9.17, 15) is 48.6 Å². The fraction of sp³-hybridized carbons (Fsp3) is 0.650. The molecular formula is C40H60N8O10. The van der Waals surface area contributed by atoms with Crippen LogP contribution < -0.4 is 31.9 Å². The lowest BCUT2D eigenvalue weighted by atomic mass is 10.0. The maximum Gasteiger partial charge on any atom is 0.248 e. The molecule has 0 aromatic heterocycles. The van der Waals surface area contributed by atoms with E-state index >= 15 is 0 Å². The molecule has 3 aliphatic heterocycles. The van der Waals surface area contributed by atoms with Crippen molar-refractivity contribution in [3.63, 3.8) is 0 Å². The molecule has 3 saturated heterocycles. The largest absolute Gasteiger partial charge is 0.394 e. The van der Waals surface area contributed by atoms with Crippen LogP contribution in [0, 0.1) is 11.8 Å². The first kappa shape index (κ1) is 45.6. The number of rotatable bonds is 8. The fourth-order valence-electron chi connectivity index (χ4n) is 7.64. The summed E-state index contributed by atoms with van der Waals surface area (Å²) in [6.45, 7) is 7.50. The van der Waals surface area contributed by atoms with Crippen LogP contribution in [-0.4, -0.2) is 142 Å². The Morgan fingerprint density at radius 3 is 1.66 bits per heavy atom. The third kappa shape index (κ3) is 12.2. The van der Waals surface area contributed by atoms with Crippen LogP contribution in [0.15, 0.2) is 30.3 Å². The number of amides is 8. The van der Waals surface area contributed by atoms with Gasteiger partial charge in [0.25, 0.3) is 0 Å². The molecule has 320 valence electrons. The lowest BCUT2D eigenvalue weighted by Gasteiger charge is -2.32. The van der Waals surface area contributed by atoms with Crippen LogP contribution in [0.3, 0.4) is 0 Å². The quantitative estimate of drug-likeness (QED) is 0.147. The molecule has 3 fully saturated rings. The summed E-state index contributed by atoms with van der Waals surface area (Å²) in [7, 11) is 0. The summed E-state index contributed by atoms with van der Waals surface area (Å²) in [5.74, 6) is -5.94. The lowest BCUT2D eigenvalue weighted by Crippen LogP contribution is -2.61. The topological polar surface area (TPSA) is 256 Å². The molecule has 8 atom stereocenters. The third-order valence-corrected chi connectivity index (χ3v) is 10.6. The Bertz CT molecular complexity index is 1660. The van der Waals surface area contributed by atoms with Gasteiger partial charge in [-0.15, -0.1) is 0 Å². The maximum atomic E-state index is 14.0. The second-order valence-corrected chi connectivity index (χ2v) is 16.3. The highest BCUT2D eigenvalue weighted by molar-refractivity contribution is 5.99. The molecule has 8 amide bonds. The summed E-state index contributed by atoms with van der Waals surface area (Å²) in [4.78, 5) is 113. The van der Waals surface area contributed by atoms with Gasteiger partial charge in [-0.1, -0.05) is 58.0 Å². The zero-order valence-electron chi connectivity index (χ0n) is 34.0. The number of aliphatic hydroxyl groups is 2. The molecule has 1 aromatic carbocycles. The van der Waals surface area contributed by atoms with Crippen molar-refractivity contribution in [1.82, 2.24) is 41.7 Å². The predicted octanol–water partition coefficient (Wildman–Crippen LogP) is -1.77. The molecule has 1 aromatic rings.